The Hall–Kier alpha value is -2.94. The first-order chi connectivity index (χ1) is 20.0. The zero-order valence-corrected chi connectivity index (χ0v) is 25.3. The summed E-state index contributed by atoms with van der Waals surface area (Å²) in [6.07, 6.45) is -10.9. The van der Waals surface area contributed by atoms with E-state index in [0.717, 1.165) is 11.3 Å². The Kier molecular flexibility index (Phi) is 9.94. The Morgan fingerprint density at radius 3 is 2.49 bits per heavy atom. The Balaban J connectivity index is 1.61. The first-order valence-electron chi connectivity index (χ1n) is 13.3. The number of fused-ring (bicyclic) bond motifs is 1. The summed E-state index contributed by atoms with van der Waals surface area (Å²) in [5, 5.41) is 6.72. The number of hydrogen-bond acceptors (Lipinski definition) is 6. The molecular weight excluding hydrogens is 618 g/mol. The van der Waals surface area contributed by atoms with Crippen LogP contribution in [0.1, 0.15) is 16.9 Å². The highest BCUT2D eigenvalue weighted by Gasteiger charge is 2.32. The molecule has 43 heavy (non-hydrogen) atoms. The molecule has 3 aromatic rings. The van der Waals surface area contributed by atoms with Gasteiger partial charge in [0.1, 0.15) is 19.1 Å². The van der Waals surface area contributed by atoms with Crippen LogP contribution < -0.4 is 20.7 Å². The van der Waals surface area contributed by atoms with Gasteiger partial charge >= 0.3 is 12.4 Å². The van der Waals surface area contributed by atoms with Gasteiger partial charge in [-0.2, -0.15) is 26.3 Å². The molecule has 0 radical (unpaired) electrons. The second kappa shape index (κ2) is 13.0. The molecule has 234 valence electrons. The minimum absolute atomic E-state index is 0.00372. The third kappa shape index (κ3) is 9.03. The molecule has 1 aliphatic rings. The number of alkyl halides is 7. The van der Waals surface area contributed by atoms with Crippen LogP contribution in [-0.2, 0) is 11.0 Å². The highest BCUT2D eigenvalue weighted by atomic mass is 32.1. The molecule has 2 heterocycles. The van der Waals surface area contributed by atoms with Gasteiger partial charge in [0, 0.05) is 18.4 Å². The Bertz CT molecular complexity index is 1560. The number of thiophene rings is 1. The van der Waals surface area contributed by atoms with Gasteiger partial charge in [0.05, 0.1) is 40.0 Å². The van der Waals surface area contributed by atoms with Crippen molar-refractivity contribution in [1.82, 2.24) is 4.90 Å². The number of likely N-dealkylation sites (tertiary alicyclic amines) is 1. The second-order valence-electron chi connectivity index (χ2n) is 10.8. The van der Waals surface area contributed by atoms with Crippen LogP contribution in [-0.4, -0.2) is 76.1 Å². The van der Waals surface area contributed by atoms with Crippen molar-refractivity contribution in [1.29, 1.82) is 0 Å². The third-order valence-corrected chi connectivity index (χ3v) is 9.55. The monoisotopic (exact) mass is 649 g/mol. The minimum atomic E-state index is -4.60. The average Bonchev–Trinajstić information content (AvgIpc) is 3.23. The van der Waals surface area contributed by atoms with E-state index in [0.29, 0.717) is 34.0 Å². The molecule has 1 saturated heterocycles. The predicted molar refractivity (Wildman–Crippen MR) is 158 cm³/mol. The van der Waals surface area contributed by atoms with Gasteiger partial charge in [-0.3, -0.25) is 0 Å². The van der Waals surface area contributed by atoms with Gasteiger partial charge in [-0.15, -0.1) is 11.3 Å². The molecule has 14 heteroatoms. The molecule has 2 N–H and O–H groups in total. The van der Waals surface area contributed by atoms with E-state index in [1.807, 2.05) is 11.9 Å². The standard InChI is InChI=1S/C29H31F7N3O2PS/c1-39-13-11-22(21(30)16-39)38-24-7-4-6-19-20(15-28(31,32)33)26(43-27(19)24)8-5-12-37-23-10-9-18(42(2,3)40)14-25(23)41-17-29(34,35)36/h4,6-7,9-10,14,21-22,37-38H,11-13,15-17H2,1-3H3. The second-order valence-corrected chi connectivity index (χ2v) is 15.0. The molecule has 0 saturated carbocycles. The minimum Gasteiger partial charge on any atom is -0.482 e. The summed E-state index contributed by atoms with van der Waals surface area (Å²) >= 11 is 1.07. The van der Waals surface area contributed by atoms with Crippen LogP contribution in [0.15, 0.2) is 36.4 Å². The van der Waals surface area contributed by atoms with Gasteiger partial charge in [0.25, 0.3) is 0 Å². The molecule has 2 unspecified atom stereocenters. The molecular formula is C29H31F7N3O2PS. The molecule has 1 fully saturated rings. The predicted octanol–water partition coefficient (Wildman–Crippen LogP) is 7.11. The van der Waals surface area contributed by atoms with Crippen LogP contribution in [0.4, 0.5) is 42.1 Å². The molecule has 5 nitrogen and oxygen atoms in total. The largest absolute Gasteiger partial charge is 0.482 e. The zero-order chi connectivity index (χ0) is 31.6. The average molecular weight is 650 g/mol. The third-order valence-electron chi connectivity index (χ3n) is 6.83. The van der Waals surface area contributed by atoms with Crippen molar-refractivity contribution in [2.24, 2.45) is 0 Å². The lowest BCUT2D eigenvalue weighted by Crippen LogP contribution is -2.46. The fraction of sp³-hybridized carbons (Fsp3) is 0.448. The SMILES string of the molecule is CN1CCC(Nc2cccc3c(CC(F)(F)F)c(C#CCNc4ccc(P(C)(C)=O)cc4OCC(F)(F)F)sc23)C(F)C1. The van der Waals surface area contributed by atoms with Crippen LogP contribution in [0.3, 0.4) is 0 Å². The van der Waals surface area contributed by atoms with Crippen molar-refractivity contribution in [2.45, 2.75) is 37.4 Å². The van der Waals surface area contributed by atoms with Crippen LogP contribution in [0.25, 0.3) is 10.1 Å². The molecule has 0 amide bonds. The number of nitrogens with one attached hydrogen (secondary N) is 2. The summed E-state index contributed by atoms with van der Waals surface area (Å²) in [5.74, 6) is 5.37. The number of halogens is 7. The summed E-state index contributed by atoms with van der Waals surface area (Å²) in [4.78, 5) is 2.06. The van der Waals surface area contributed by atoms with Crippen molar-refractivity contribution >= 4 is 45.2 Å². The highest BCUT2D eigenvalue weighted by Crippen LogP contribution is 2.40. The van der Waals surface area contributed by atoms with E-state index in [4.69, 9.17) is 4.74 Å². The number of nitrogens with zero attached hydrogens (tertiary/aromatic N) is 1. The Morgan fingerprint density at radius 2 is 1.84 bits per heavy atom. The van der Waals surface area contributed by atoms with E-state index in [1.54, 1.807) is 18.2 Å². The molecule has 4 rings (SSSR count). The van der Waals surface area contributed by atoms with Gasteiger partial charge in [-0.1, -0.05) is 24.0 Å². The van der Waals surface area contributed by atoms with E-state index < -0.39 is 44.7 Å². The number of ether oxygens (including phenoxy) is 1. The summed E-state index contributed by atoms with van der Waals surface area (Å²) in [6, 6.07) is 8.63. The Morgan fingerprint density at radius 1 is 1.09 bits per heavy atom. The fourth-order valence-corrected chi connectivity index (χ4v) is 6.75. The number of hydrogen-bond donors (Lipinski definition) is 2. The molecule has 1 aliphatic heterocycles. The first-order valence-corrected chi connectivity index (χ1v) is 16.7. The summed E-state index contributed by atoms with van der Waals surface area (Å²) < 4.78 is 112. The number of anilines is 2. The lowest BCUT2D eigenvalue weighted by Gasteiger charge is -2.33. The molecule has 2 aromatic carbocycles. The normalized spacial score (nSPS) is 18.3. The molecule has 2 atom stereocenters. The topological polar surface area (TPSA) is 53.6 Å². The van der Waals surface area contributed by atoms with E-state index in [2.05, 4.69) is 22.5 Å². The van der Waals surface area contributed by atoms with E-state index in [1.165, 1.54) is 31.5 Å². The van der Waals surface area contributed by atoms with Crippen LogP contribution in [0, 0.1) is 11.8 Å². The van der Waals surface area contributed by atoms with Crippen molar-refractivity contribution in [3.05, 3.63) is 46.8 Å². The fourth-order valence-electron chi connectivity index (χ4n) is 4.71. The van der Waals surface area contributed by atoms with E-state index in [9.17, 15) is 35.3 Å². The van der Waals surface area contributed by atoms with Crippen LogP contribution in [0.5, 0.6) is 5.75 Å². The van der Waals surface area contributed by atoms with Gasteiger partial charge in [0.15, 0.2) is 6.61 Å². The summed E-state index contributed by atoms with van der Waals surface area (Å²) in [6.45, 7) is 2.20. The first kappa shape index (κ1) is 33.0. The molecule has 0 aliphatic carbocycles. The van der Waals surface area contributed by atoms with Crippen molar-refractivity contribution in [2.75, 3.05) is 57.3 Å². The zero-order valence-electron chi connectivity index (χ0n) is 23.6. The number of rotatable bonds is 8. The van der Waals surface area contributed by atoms with Gasteiger partial charge < -0.3 is 24.8 Å². The number of piperidine rings is 1. The number of benzene rings is 2. The molecule has 1 aromatic heterocycles. The van der Waals surface area contributed by atoms with Crippen LogP contribution >= 0.6 is 18.5 Å². The quantitative estimate of drug-likeness (QED) is 0.155. The van der Waals surface area contributed by atoms with Gasteiger partial charge in [-0.05, 0) is 62.0 Å². The lowest BCUT2D eigenvalue weighted by atomic mass is 10.0. The Labute approximate surface area is 249 Å². The highest BCUT2D eigenvalue weighted by molar-refractivity contribution is 7.70. The molecule has 0 spiro atoms. The van der Waals surface area contributed by atoms with Crippen LogP contribution in [0.2, 0.25) is 0 Å². The van der Waals surface area contributed by atoms with Crippen molar-refractivity contribution < 1.29 is 40.0 Å². The summed E-state index contributed by atoms with van der Waals surface area (Å²) in [5.41, 5.74) is 0.696. The van der Waals surface area contributed by atoms with Crippen molar-refractivity contribution in [3.63, 3.8) is 0 Å². The maximum Gasteiger partial charge on any atom is 0.422 e. The smallest absolute Gasteiger partial charge is 0.422 e. The van der Waals surface area contributed by atoms with Crippen molar-refractivity contribution in [3.8, 4) is 17.6 Å². The maximum absolute atomic E-state index is 14.7. The van der Waals surface area contributed by atoms with Gasteiger partial charge in [0.2, 0.25) is 0 Å². The van der Waals surface area contributed by atoms with E-state index >= 15 is 0 Å². The van der Waals surface area contributed by atoms with E-state index in [-0.39, 0.29) is 35.0 Å². The van der Waals surface area contributed by atoms with Gasteiger partial charge in [-0.25, -0.2) is 4.39 Å². The lowest BCUT2D eigenvalue weighted by molar-refractivity contribution is -0.153. The maximum atomic E-state index is 14.7. The molecule has 0 bridgehead atoms. The summed E-state index contributed by atoms with van der Waals surface area (Å²) in [7, 11) is -0.971.